The normalized spacial score (nSPS) is 17.1. The Balaban J connectivity index is 1.74. The highest BCUT2D eigenvalue weighted by atomic mass is 32.2. The maximum absolute atomic E-state index is 12.0. The molecule has 1 saturated heterocycles. The average Bonchev–Trinajstić information content (AvgIpc) is 3.17. The van der Waals surface area contributed by atoms with Crippen LogP contribution in [-0.2, 0) is 4.79 Å². The number of nitrogens with zero attached hydrogens (tertiary/aromatic N) is 2. The molecule has 1 fully saturated rings. The zero-order valence-corrected chi connectivity index (χ0v) is 13.9. The molecule has 8 nitrogen and oxygen atoms in total. The Bertz CT molecular complexity index is 870. The summed E-state index contributed by atoms with van der Waals surface area (Å²) in [6.45, 7) is 2.49. The highest BCUT2D eigenvalue weighted by Crippen LogP contribution is 2.29. The predicted octanol–water partition coefficient (Wildman–Crippen LogP) is 3.48. The quantitative estimate of drug-likeness (QED) is 0.497. The van der Waals surface area contributed by atoms with E-state index in [4.69, 9.17) is 9.15 Å². The first kappa shape index (κ1) is 16.8. The molecule has 0 atom stereocenters. The zero-order valence-electron chi connectivity index (χ0n) is 13.1. The molecule has 25 heavy (non-hydrogen) atoms. The number of ether oxygens (including phenoxy) is 1. The number of hydrogen-bond acceptors (Lipinski definition) is 7. The lowest BCUT2D eigenvalue weighted by molar-refractivity contribution is -0.402. The van der Waals surface area contributed by atoms with Crippen molar-refractivity contribution in [3.05, 3.63) is 57.2 Å². The largest absolute Gasteiger partial charge is 0.494 e. The highest BCUT2D eigenvalue weighted by molar-refractivity contribution is 8.18. The maximum atomic E-state index is 12.0. The molecule has 1 N–H and O–H groups in total. The van der Waals surface area contributed by atoms with Crippen molar-refractivity contribution in [1.82, 2.24) is 5.32 Å². The second-order valence-corrected chi connectivity index (χ2v) is 5.87. The van der Waals surface area contributed by atoms with Gasteiger partial charge in [0.05, 0.1) is 23.3 Å². The van der Waals surface area contributed by atoms with Gasteiger partial charge in [-0.15, -0.1) is 0 Å². The Kier molecular flexibility index (Phi) is 4.85. The number of hydrogen-bond donors (Lipinski definition) is 1. The number of amides is 1. The molecule has 0 bridgehead atoms. The average molecular weight is 359 g/mol. The second-order valence-electron chi connectivity index (χ2n) is 4.84. The van der Waals surface area contributed by atoms with E-state index in [1.165, 1.54) is 18.2 Å². The Morgan fingerprint density at radius 1 is 1.32 bits per heavy atom. The van der Waals surface area contributed by atoms with Gasteiger partial charge in [-0.2, -0.15) is 0 Å². The van der Waals surface area contributed by atoms with Crippen LogP contribution in [0.2, 0.25) is 0 Å². The van der Waals surface area contributed by atoms with Crippen LogP contribution in [0.3, 0.4) is 0 Å². The number of nitrogens with one attached hydrogen (secondary N) is 1. The molecule has 128 valence electrons. The van der Waals surface area contributed by atoms with Gasteiger partial charge in [-0.05, 0) is 49.0 Å². The summed E-state index contributed by atoms with van der Waals surface area (Å²) in [6.07, 6.45) is 1.44. The Morgan fingerprint density at radius 3 is 2.72 bits per heavy atom. The minimum absolute atomic E-state index is 0.228. The SMILES string of the molecule is CCOc1ccc(N=C2NC(=O)/C(=C\c3ccc([N+](=O)[O-])o3)S2)cc1. The van der Waals surface area contributed by atoms with E-state index in [9.17, 15) is 14.9 Å². The van der Waals surface area contributed by atoms with Gasteiger partial charge in [0.25, 0.3) is 5.91 Å². The van der Waals surface area contributed by atoms with Crippen LogP contribution in [0.4, 0.5) is 11.6 Å². The van der Waals surface area contributed by atoms with Gasteiger partial charge >= 0.3 is 5.88 Å². The molecule has 0 saturated carbocycles. The number of benzene rings is 1. The Labute approximate surface area is 146 Å². The van der Waals surface area contributed by atoms with Crippen LogP contribution >= 0.6 is 11.8 Å². The predicted molar refractivity (Wildman–Crippen MR) is 93.8 cm³/mol. The molecule has 3 rings (SSSR count). The van der Waals surface area contributed by atoms with Crippen LogP contribution in [0.25, 0.3) is 6.08 Å². The van der Waals surface area contributed by atoms with E-state index in [0.717, 1.165) is 17.5 Å². The Morgan fingerprint density at radius 2 is 2.08 bits per heavy atom. The molecule has 0 unspecified atom stereocenters. The van der Waals surface area contributed by atoms with Crippen molar-refractivity contribution in [3.63, 3.8) is 0 Å². The van der Waals surface area contributed by atoms with E-state index in [-0.39, 0.29) is 17.6 Å². The number of rotatable bonds is 5. The van der Waals surface area contributed by atoms with Crippen LogP contribution < -0.4 is 10.1 Å². The van der Waals surface area contributed by atoms with Crippen molar-refractivity contribution in [3.8, 4) is 5.75 Å². The van der Waals surface area contributed by atoms with Crippen molar-refractivity contribution >= 4 is 40.5 Å². The second kappa shape index (κ2) is 7.22. The molecule has 0 spiro atoms. The van der Waals surface area contributed by atoms with E-state index < -0.39 is 4.92 Å². The van der Waals surface area contributed by atoms with Crippen LogP contribution in [0, 0.1) is 10.1 Å². The van der Waals surface area contributed by atoms with Crippen molar-refractivity contribution in [1.29, 1.82) is 0 Å². The molecule has 1 aromatic heterocycles. The van der Waals surface area contributed by atoms with Crippen LogP contribution in [0.1, 0.15) is 12.7 Å². The first-order chi connectivity index (χ1) is 12.0. The summed E-state index contributed by atoms with van der Waals surface area (Å²) in [5, 5.41) is 13.7. The first-order valence-electron chi connectivity index (χ1n) is 7.32. The number of carbonyl (C=O) groups excluding carboxylic acids is 1. The van der Waals surface area contributed by atoms with Gasteiger partial charge < -0.3 is 14.5 Å². The van der Waals surface area contributed by atoms with Crippen LogP contribution in [-0.4, -0.2) is 22.6 Å². The molecule has 0 aliphatic carbocycles. The summed E-state index contributed by atoms with van der Waals surface area (Å²) in [6, 6.07) is 9.82. The topological polar surface area (TPSA) is 107 Å². The lowest BCUT2D eigenvalue weighted by Gasteiger charge is -2.02. The monoisotopic (exact) mass is 359 g/mol. The number of furan rings is 1. The molecule has 2 aromatic rings. The van der Waals surface area contributed by atoms with Gasteiger partial charge in [-0.25, -0.2) is 4.99 Å². The van der Waals surface area contributed by atoms with Crippen molar-refractivity contribution in [2.45, 2.75) is 6.92 Å². The third-order valence-corrected chi connectivity index (χ3v) is 4.01. The summed E-state index contributed by atoms with van der Waals surface area (Å²) < 4.78 is 10.4. The summed E-state index contributed by atoms with van der Waals surface area (Å²) >= 11 is 1.13. The molecule has 2 heterocycles. The van der Waals surface area contributed by atoms with Gasteiger partial charge in [0.2, 0.25) is 0 Å². The third-order valence-electron chi connectivity index (χ3n) is 3.10. The van der Waals surface area contributed by atoms with Crippen molar-refractivity contribution in [2.24, 2.45) is 4.99 Å². The minimum atomic E-state index is -0.636. The van der Waals surface area contributed by atoms with E-state index >= 15 is 0 Å². The van der Waals surface area contributed by atoms with Gasteiger partial charge in [-0.1, -0.05) is 0 Å². The highest BCUT2D eigenvalue weighted by Gasteiger charge is 2.24. The van der Waals surface area contributed by atoms with Gasteiger partial charge in [0.1, 0.15) is 16.4 Å². The molecule has 1 amide bonds. The van der Waals surface area contributed by atoms with Crippen molar-refractivity contribution in [2.75, 3.05) is 6.61 Å². The molecular weight excluding hydrogens is 346 g/mol. The standard InChI is InChI=1S/C16H13N3O5S/c1-2-23-11-5-3-10(4-6-11)17-16-18-15(20)13(25-16)9-12-7-8-14(24-12)19(21)22/h3-9H,2H2,1H3,(H,17,18,20)/b13-9+. The van der Waals surface area contributed by atoms with E-state index in [1.54, 1.807) is 24.3 Å². The fraction of sp³-hybridized carbons (Fsp3) is 0.125. The number of aliphatic imine (C=N–C) groups is 1. The van der Waals surface area contributed by atoms with Crippen LogP contribution in [0.5, 0.6) is 5.75 Å². The fourth-order valence-electron chi connectivity index (χ4n) is 2.03. The van der Waals surface area contributed by atoms with Crippen molar-refractivity contribution < 1.29 is 18.9 Å². The molecule has 1 aliphatic heterocycles. The summed E-state index contributed by atoms with van der Waals surface area (Å²) in [7, 11) is 0. The molecular formula is C16H13N3O5S. The molecule has 1 aliphatic rings. The van der Waals surface area contributed by atoms with E-state index in [1.807, 2.05) is 6.92 Å². The summed E-state index contributed by atoms with van der Waals surface area (Å²) in [5.74, 6) is 0.258. The van der Waals surface area contributed by atoms with Gasteiger partial charge in [-0.3, -0.25) is 14.9 Å². The third kappa shape index (κ3) is 4.07. The summed E-state index contributed by atoms with van der Waals surface area (Å²) in [4.78, 5) is 26.7. The number of nitro groups is 1. The van der Waals surface area contributed by atoms with E-state index in [2.05, 4.69) is 10.3 Å². The summed E-state index contributed by atoms with van der Waals surface area (Å²) in [5.41, 5.74) is 0.668. The number of amidine groups is 1. The van der Waals surface area contributed by atoms with Gasteiger partial charge in [0, 0.05) is 6.08 Å². The minimum Gasteiger partial charge on any atom is -0.494 e. The maximum Gasteiger partial charge on any atom is 0.433 e. The Hall–Kier alpha value is -3.07. The molecule has 1 aromatic carbocycles. The number of carbonyl (C=O) groups is 1. The first-order valence-corrected chi connectivity index (χ1v) is 8.13. The van der Waals surface area contributed by atoms with Crippen LogP contribution in [0.15, 0.2) is 50.7 Å². The number of thioether (sulfide) groups is 1. The lowest BCUT2D eigenvalue weighted by atomic mass is 10.3. The lowest BCUT2D eigenvalue weighted by Crippen LogP contribution is -2.19. The molecule has 0 radical (unpaired) electrons. The molecule has 9 heteroatoms. The zero-order chi connectivity index (χ0) is 17.8. The fourth-order valence-corrected chi connectivity index (χ4v) is 2.85. The smallest absolute Gasteiger partial charge is 0.433 e. The van der Waals surface area contributed by atoms with E-state index in [0.29, 0.717) is 22.4 Å². The van der Waals surface area contributed by atoms with Gasteiger partial charge in [0.15, 0.2) is 5.17 Å².